The van der Waals surface area contributed by atoms with Crippen molar-refractivity contribution in [2.24, 2.45) is 11.3 Å². The third-order valence-corrected chi connectivity index (χ3v) is 11.3. The molecule has 1 unspecified atom stereocenters. The Hall–Kier alpha value is -6.62. The van der Waals surface area contributed by atoms with Crippen LogP contribution in [0.3, 0.4) is 0 Å². The lowest BCUT2D eigenvalue weighted by atomic mass is 9.85. The summed E-state index contributed by atoms with van der Waals surface area (Å²) in [6.45, 7) is 26.0. The van der Waals surface area contributed by atoms with Gasteiger partial charge in [-0.15, -0.1) is 0 Å². The van der Waals surface area contributed by atoms with Crippen LogP contribution in [0.2, 0.25) is 0 Å². The molecule has 0 saturated heterocycles. The van der Waals surface area contributed by atoms with E-state index < -0.39 is 168 Å². The quantitative estimate of drug-likeness (QED) is 0.0242. The van der Waals surface area contributed by atoms with E-state index in [0.29, 0.717) is 24.0 Å². The van der Waals surface area contributed by atoms with Crippen molar-refractivity contribution in [2.45, 2.75) is 234 Å². The fraction of sp³-hybridized carbons (Fsp3) is 0.696. The van der Waals surface area contributed by atoms with Gasteiger partial charge in [-0.2, -0.15) is 13.2 Å². The third-order valence-electron chi connectivity index (χ3n) is 11.3. The summed E-state index contributed by atoms with van der Waals surface area (Å²) >= 11 is 0. The van der Waals surface area contributed by atoms with E-state index in [0.717, 1.165) is 0 Å². The first-order valence-electron chi connectivity index (χ1n) is 26.9. The van der Waals surface area contributed by atoms with Crippen LogP contribution in [0.15, 0.2) is 24.3 Å². The topological polar surface area (TPSA) is 300 Å². The molecule has 0 saturated carbocycles. The number of aryl methyl sites for hydroxylation is 1. The Kier molecular flexibility index (Phi) is 28.0. The minimum atomic E-state index is -5.00. The number of unbranched alkanes of at least 4 members (excludes halogenated alkanes) is 1. The molecule has 80 heavy (non-hydrogen) atoms. The zero-order chi connectivity index (χ0) is 61.7. The molecule has 452 valence electrons. The number of rotatable bonds is 29. The molecule has 0 aliphatic carbocycles. The molecule has 1 aromatic rings. The summed E-state index contributed by atoms with van der Waals surface area (Å²) in [5.74, 6) is -11.8. The lowest BCUT2D eigenvalue weighted by Gasteiger charge is -2.34. The van der Waals surface area contributed by atoms with Gasteiger partial charge in [0.05, 0.1) is 19.3 Å². The van der Waals surface area contributed by atoms with Crippen LogP contribution >= 0.6 is 0 Å². The number of esters is 3. The Morgan fingerprint density at radius 1 is 0.550 bits per heavy atom. The molecule has 0 aromatic heterocycles. The lowest BCUT2D eigenvalue weighted by Crippen LogP contribution is -2.62. The van der Waals surface area contributed by atoms with Crippen molar-refractivity contribution in [3.05, 3.63) is 35.4 Å². The molecule has 0 aliphatic heterocycles. The smallest absolute Gasteiger partial charge is 0.391 e. The van der Waals surface area contributed by atoms with Gasteiger partial charge in [-0.3, -0.25) is 52.7 Å². The van der Waals surface area contributed by atoms with Crippen LogP contribution in [0.25, 0.3) is 0 Å². The molecule has 1 rings (SSSR count). The van der Waals surface area contributed by atoms with Crippen LogP contribution in [0.4, 0.5) is 13.2 Å². The van der Waals surface area contributed by atoms with Gasteiger partial charge in [0.1, 0.15) is 53.1 Å². The first kappa shape index (κ1) is 71.4. The van der Waals surface area contributed by atoms with Gasteiger partial charge < -0.3 is 51.4 Å². The average Bonchev–Trinajstić information content (AvgIpc) is 3.27. The monoisotopic (exact) mass is 1140 g/mol. The number of alkyl halides is 3. The molecule has 0 radical (unpaired) electrons. The Labute approximate surface area is 468 Å². The summed E-state index contributed by atoms with van der Waals surface area (Å²) in [5, 5.41) is 17.0. The number of nitrogens with one attached hydrogen (secondary N) is 7. The summed E-state index contributed by atoms with van der Waals surface area (Å²) in [6.07, 6.45) is -8.80. The molecule has 21 nitrogen and oxygen atoms in total. The van der Waals surface area contributed by atoms with Crippen LogP contribution in [0.1, 0.15) is 173 Å². The van der Waals surface area contributed by atoms with Crippen molar-refractivity contribution in [3.63, 3.8) is 0 Å². The molecule has 7 amide bonds. The van der Waals surface area contributed by atoms with E-state index in [1.807, 2.05) is 5.32 Å². The summed E-state index contributed by atoms with van der Waals surface area (Å²) in [6, 6.07) is -3.64. The highest BCUT2D eigenvalue weighted by molar-refractivity contribution is 6.38. The highest BCUT2D eigenvalue weighted by Crippen LogP contribution is 2.24. The van der Waals surface area contributed by atoms with Gasteiger partial charge >= 0.3 is 24.1 Å². The molecular weight excluding hydrogens is 1050 g/mol. The van der Waals surface area contributed by atoms with Gasteiger partial charge in [-0.1, -0.05) is 72.2 Å². The number of ether oxygens (including phenoxy) is 3. The molecular formula is C56H88F3N7O14. The summed E-state index contributed by atoms with van der Waals surface area (Å²) in [7, 11) is 0. The van der Waals surface area contributed by atoms with E-state index in [4.69, 9.17) is 14.2 Å². The van der Waals surface area contributed by atoms with Crippen molar-refractivity contribution in [2.75, 3.05) is 6.54 Å². The first-order valence-corrected chi connectivity index (χ1v) is 26.9. The molecule has 0 aliphatic rings. The summed E-state index contributed by atoms with van der Waals surface area (Å²) in [4.78, 5) is 149. The fourth-order valence-electron chi connectivity index (χ4n) is 7.58. The highest BCUT2D eigenvalue weighted by atomic mass is 19.4. The number of carbonyl (C=O) groups is 11. The number of hydrogen-bond donors (Lipinski definition) is 7. The van der Waals surface area contributed by atoms with Crippen molar-refractivity contribution < 1.29 is 80.1 Å². The zero-order valence-corrected chi connectivity index (χ0v) is 49.5. The van der Waals surface area contributed by atoms with E-state index in [1.54, 1.807) is 135 Å². The minimum absolute atomic E-state index is 0.0000902. The van der Waals surface area contributed by atoms with Gasteiger partial charge in [0, 0.05) is 25.8 Å². The number of Topliss-reactive ketones (excluding diaryl/α,β-unsaturated/α-hetero) is 1. The highest BCUT2D eigenvalue weighted by Gasteiger charge is 2.42. The van der Waals surface area contributed by atoms with Crippen molar-refractivity contribution in [1.29, 1.82) is 0 Å². The van der Waals surface area contributed by atoms with Gasteiger partial charge in [0.25, 0.3) is 5.91 Å². The maximum Gasteiger partial charge on any atom is 0.391 e. The second-order valence-electron chi connectivity index (χ2n) is 24.2. The van der Waals surface area contributed by atoms with Crippen LogP contribution in [0.5, 0.6) is 0 Å². The number of ketones is 1. The van der Waals surface area contributed by atoms with E-state index >= 15 is 0 Å². The molecule has 1 aromatic carbocycles. The molecule has 24 heteroatoms. The zero-order valence-electron chi connectivity index (χ0n) is 49.5. The SMILES string of the molecule is CCCCNC(=O)C(=O)C(CC(F)(F)F)NC(=O)[C@H](CC(C)C)NC(=O)[C@@H](NC(=O)[C@H](Cc1ccccc1C)NC(=O)[C@H](CCC(=O)OC(C)(C)C)NC(=O)[C@H](CC(=O)OC(C)(C)C)NC(=O)CCC(=O)OC(C)(C)C)C(C)(C)C. The Balaban J connectivity index is 3.83. The number of halogens is 3. The van der Waals surface area contributed by atoms with Gasteiger partial charge in [0.15, 0.2) is 0 Å². The van der Waals surface area contributed by atoms with E-state index in [2.05, 4.69) is 31.9 Å². The number of carbonyl (C=O) groups excluding carboxylic acids is 11. The number of benzene rings is 1. The second-order valence-corrected chi connectivity index (χ2v) is 24.2. The first-order chi connectivity index (χ1) is 36.5. The number of amides is 7. The maximum absolute atomic E-state index is 14.7. The summed E-state index contributed by atoms with van der Waals surface area (Å²) in [5.41, 5.74) is -2.83. The average molecular weight is 1140 g/mol. The molecule has 0 bridgehead atoms. The van der Waals surface area contributed by atoms with Crippen LogP contribution in [-0.4, -0.2) is 131 Å². The van der Waals surface area contributed by atoms with Crippen molar-refractivity contribution in [1.82, 2.24) is 37.2 Å². The Morgan fingerprint density at radius 3 is 1.54 bits per heavy atom. The number of hydrogen-bond acceptors (Lipinski definition) is 14. The normalized spacial score (nSPS) is 14.3. The van der Waals surface area contributed by atoms with Crippen molar-refractivity contribution in [3.8, 4) is 0 Å². The minimum Gasteiger partial charge on any atom is -0.460 e. The predicted molar refractivity (Wildman–Crippen MR) is 290 cm³/mol. The predicted octanol–water partition coefficient (Wildman–Crippen LogP) is 4.95. The molecule has 6 atom stereocenters. The maximum atomic E-state index is 14.7. The Morgan fingerprint density at radius 2 is 1.02 bits per heavy atom. The van der Waals surface area contributed by atoms with Gasteiger partial charge in [0.2, 0.25) is 41.2 Å². The lowest BCUT2D eigenvalue weighted by molar-refractivity contribution is -0.158. The van der Waals surface area contributed by atoms with Crippen LogP contribution in [-0.2, 0) is 73.4 Å². The van der Waals surface area contributed by atoms with Crippen molar-refractivity contribution >= 4 is 65.0 Å². The van der Waals surface area contributed by atoms with E-state index in [9.17, 15) is 65.9 Å². The second kappa shape index (κ2) is 31.4. The third kappa shape index (κ3) is 29.6. The Bertz CT molecular complexity index is 2330. The van der Waals surface area contributed by atoms with Gasteiger partial charge in [-0.05, 0) is 111 Å². The summed E-state index contributed by atoms with van der Waals surface area (Å²) < 4.78 is 57.5. The van der Waals surface area contributed by atoms with Crippen LogP contribution in [0, 0.1) is 18.3 Å². The largest absolute Gasteiger partial charge is 0.460 e. The molecule has 0 fully saturated rings. The molecule has 7 N–H and O–H groups in total. The van der Waals surface area contributed by atoms with E-state index in [-0.39, 0.29) is 25.3 Å². The molecule has 0 spiro atoms. The standard InChI is InChI=1S/C56H88F3N7O14/c1-17-18-27-60-50(76)44(71)39(31-56(57,58)59)65-47(73)36(28-32(2)3)64-51(77)45(52(5,6)7)66-49(75)37(29-34-22-20-19-21-33(34)4)63-46(72)35(23-25-41(68)78-53(8,9)10)62-48(74)38(30-43(70)80-55(14,15)16)61-40(67)24-26-42(69)79-54(11,12)13/h19-22,32,35-39,45H,17-18,23-31H2,1-16H3,(H,60,76)(H,61,67)(H,62,74)(H,63,72)(H,64,77)(H,65,73)(H,66,75)/t35-,36-,37-,38-,39?,45+/m0/s1. The molecule has 0 heterocycles. The van der Waals surface area contributed by atoms with E-state index in [1.165, 1.54) is 0 Å². The van der Waals surface area contributed by atoms with Crippen LogP contribution < -0.4 is 37.2 Å². The van der Waals surface area contributed by atoms with Gasteiger partial charge in [-0.25, -0.2) is 0 Å². The fourth-order valence-corrected chi connectivity index (χ4v) is 7.58.